The first-order chi connectivity index (χ1) is 14.3. The number of aromatic nitrogens is 3. The molecule has 0 radical (unpaired) electrons. The molecule has 3 heteroatoms. The summed E-state index contributed by atoms with van der Waals surface area (Å²) in [5.41, 5.74) is 4.75. The summed E-state index contributed by atoms with van der Waals surface area (Å²) in [5.74, 6) is 0. The molecular formula is C26H17N3. The number of fused-ring (bicyclic) bond motifs is 11. The fourth-order valence-corrected chi connectivity index (χ4v) is 5.02. The third-order valence-electron chi connectivity index (χ3n) is 6.34. The van der Waals surface area contributed by atoms with Gasteiger partial charge in [-0.25, -0.2) is 4.98 Å². The summed E-state index contributed by atoms with van der Waals surface area (Å²) in [6.07, 6.45) is 4.10. The second-order valence-corrected chi connectivity index (χ2v) is 7.80. The third kappa shape index (κ3) is 1.80. The number of nitrogens with zero attached hydrogens (tertiary/aromatic N) is 3. The molecule has 0 aliphatic carbocycles. The Morgan fingerprint density at radius 3 is 2.38 bits per heavy atom. The number of benzene rings is 3. The SMILES string of the molecule is Cn1c2ccccc2c2cc3c(cc21)c1cccnc1n1cc2ccccc2c31. The van der Waals surface area contributed by atoms with Crippen LogP contribution in [0.5, 0.6) is 0 Å². The molecule has 0 unspecified atom stereocenters. The Kier molecular flexibility index (Phi) is 2.68. The van der Waals surface area contributed by atoms with Crippen LogP contribution in [-0.4, -0.2) is 14.0 Å². The summed E-state index contributed by atoms with van der Waals surface area (Å²) in [6.45, 7) is 0. The molecule has 0 atom stereocenters. The van der Waals surface area contributed by atoms with E-state index in [9.17, 15) is 0 Å². The van der Waals surface area contributed by atoms with Gasteiger partial charge < -0.3 is 4.57 Å². The van der Waals surface area contributed by atoms with E-state index in [0.717, 1.165) is 5.65 Å². The van der Waals surface area contributed by atoms with E-state index >= 15 is 0 Å². The fraction of sp³-hybridized carbons (Fsp3) is 0.0385. The molecule has 3 nitrogen and oxygen atoms in total. The summed E-state index contributed by atoms with van der Waals surface area (Å²) in [7, 11) is 2.15. The van der Waals surface area contributed by atoms with Gasteiger partial charge in [0.1, 0.15) is 5.65 Å². The first kappa shape index (κ1) is 15.1. The second-order valence-electron chi connectivity index (χ2n) is 7.80. The molecule has 0 saturated carbocycles. The van der Waals surface area contributed by atoms with Crippen molar-refractivity contribution in [2.24, 2.45) is 7.05 Å². The van der Waals surface area contributed by atoms with Crippen LogP contribution in [-0.2, 0) is 7.05 Å². The first-order valence-corrected chi connectivity index (χ1v) is 9.89. The van der Waals surface area contributed by atoms with Crippen LogP contribution in [0, 0.1) is 0 Å². The zero-order valence-electron chi connectivity index (χ0n) is 15.9. The maximum absolute atomic E-state index is 4.76. The fourth-order valence-electron chi connectivity index (χ4n) is 5.02. The van der Waals surface area contributed by atoms with Crippen LogP contribution in [0.3, 0.4) is 0 Å². The monoisotopic (exact) mass is 371 g/mol. The maximum Gasteiger partial charge on any atom is 0.145 e. The Balaban J connectivity index is 1.86. The predicted molar refractivity (Wildman–Crippen MR) is 122 cm³/mol. The lowest BCUT2D eigenvalue weighted by molar-refractivity contribution is 1.02. The molecule has 3 aromatic carbocycles. The van der Waals surface area contributed by atoms with E-state index in [0.29, 0.717) is 0 Å². The molecule has 0 aliphatic heterocycles. The van der Waals surface area contributed by atoms with Crippen LogP contribution >= 0.6 is 0 Å². The van der Waals surface area contributed by atoms with E-state index in [1.807, 2.05) is 12.3 Å². The molecule has 0 N–H and O–H groups in total. The molecule has 0 aliphatic rings. The molecule has 4 heterocycles. The third-order valence-corrected chi connectivity index (χ3v) is 6.34. The minimum absolute atomic E-state index is 1.00. The number of pyridine rings is 2. The quantitative estimate of drug-likeness (QED) is 0.281. The van der Waals surface area contributed by atoms with Crippen molar-refractivity contribution in [2.75, 3.05) is 0 Å². The topological polar surface area (TPSA) is 22.2 Å². The average molecular weight is 371 g/mol. The summed E-state index contributed by atoms with van der Waals surface area (Å²) in [4.78, 5) is 4.76. The van der Waals surface area contributed by atoms with Gasteiger partial charge in [-0.2, -0.15) is 0 Å². The molecule has 7 aromatic rings. The maximum atomic E-state index is 4.76. The number of hydrogen-bond donors (Lipinski definition) is 0. The zero-order chi connectivity index (χ0) is 19.1. The first-order valence-electron chi connectivity index (χ1n) is 9.89. The standard InChI is InChI=1S/C26H17N3/c1-28-23-11-5-4-9-18(23)21-13-22-20(14-24(21)28)19-10-6-12-27-26(19)29-15-16-7-2-3-8-17(16)25(22)29/h2-15H,1H3. The van der Waals surface area contributed by atoms with Gasteiger partial charge in [-0.3, -0.25) is 4.40 Å². The van der Waals surface area contributed by atoms with Crippen LogP contribution < -0.4 is 0 Å². The molecule has 0 saturated heterocycles. The highest BCUT2D eigenvalue weighted by atomic mass is 15.0. The highest BCUT2D eigenvalue weighted by Gasteiger charge is 2.16. The highest BCUT2D eigenvalue weighted by Crippen LogP contribution is 2.38. The van der Waals surface area contributed by atoms with Crippen LogP contribution in [0.15, 0.2) is 85.2 Å². The molecule has 0 fully saturated rings. The Labute approximate surface area is 166 Å². The molecule has 136 valence electrons. The van der Waals surface area contributed by atoms with E-state index in [4.69, 9.17) is 4.98 Å². The summed E-state index contributed by atoms with van der Waals surface area (Å²) in [6, 6.07) is 26.2. The van der Waals surface area contributed by atoms with Crippen molar-refractivity contribution in [3.05, 3.63) is 85.2 Å². The summed E-state index contributed by atoms with van der Waals surface area (Å²) in [5, 5.41) is 8.81. The number of hydrogen-bond acceptors (Lipinski definition) is 1. The smallest absolute Gasteiger partial charge is 0.145 e. The number of aryl methyl sites for hydroxylation is 1. The van der Waals surface area contributed by atoms with Crippen LogP contribution in [0.25, 0.3) is 59.9 Å². The van der Waals surface area contributed by atoms with E-state index in [-0.39, 0.29) is 0 Å². The zero-order valence-corrected chi connectivity index (χ0v) is 15.9. The van der Waals surface area contributed by atoms with Crippen molar-refractivity contribution in [1.82, 2.24) is 14.0 Å². The molecule has 4 aromatic heterocycles. The minimum Gasteiger partial charge on any atom is -0.344 e. The van der Waals surface area contributed by atoms with Gasteiger partial charge in [-0.15, -0.1) is 0 Å². The normalized spacial score (nSPS) is 12.3. The van der Waals surface area contributed by atoms with Crippen molar-refractivity contribution in [2.45, 2.75) is 0 Å². The molecular weight excluding hydrogens is 354 g/mol. The lowest BCUT2D eigenvalue weighted by atomic mass is 10.0. The summed E-state index contributed by atoms with van der Waals surface area (Å²) >= 11 is 0. The van der Waals surface area contributed by atoms with Gasteiger partial charge in [0.05, 0.1) is 5.52 Å². The van der Waals surface area contributed by atoms with Crippen LogP contribution in [0.1, 0.15) is 0 Å². The van der Waals surface area contributed by atoms with E-state index in [1.165, 1.54) is 54.3 Å². The van der Waals surface area contributed by atoms with Crippen molar-refractivity contribution in [3.8, 4) is 0 Å². The van der Waals surface area contributed by atoms with E-state index in [2.05, 4.69) is 88.9 Å². The largest absolute Gasteiger partial charge is 0.344 e. The van der Waals surface area contributed by atoms with Crippen LogP contribution in [0.2, 0.25) is 0 Å². The summed E-state index contributed by atoms with van der Waals surface area (Å²) < 4.78 is 4.56. The Morgan fingerprint density at radius 2 is 1.45 bits per heavy atom. The number of para-hydroxylation sites is 1. The molecule has 0 spiro atoms. The lowest BCUT2D eigenvalue weighted by Crippen LogP contribution is -1.93. The average Bonchev–Trinajstić information content (AvgIpc) is 3.30. The molecule has 0 bridgehead atoms. The highest BCUT2D eigenvalue weighted by molar-refractivity contribution is 6.24. The lowest BCUT2D eigenvalue weighted by Gasteiger charge is -2.10. The van der Waals surface area contributed by atoms with Gasteiger partial charge >= 0.3 is 0 Å². The number of rotatable bonds is 0. The Bertz CT molecular complexity index is 1770. The van der Waals surface area contributed by atoms with Crippen LogP contribution in [0.4, 0.5) is 0 Å². The van der Waals surface area contributed by atoms with Gasteiger partial charge in [-0.05, 0) is 35.7 Å². The van der Waals surface area contributed by atoms with Gasteiger partial charge in [0.2, 0.25) is 0 Å². The van der Waals surface area contributed by atoms with Crippen molar-refractivity contribution < 1.29 is 0 Å². The van der Waals surface area contributed by atoms with Gasteiger partial charge in [0.15, 0.2) is 0 Å². The van der Waals surface area contributed by atoms with E-state index in [1.54, 1.807) is 0 Å². The molecule has 0 amide bonds. The Morgan fingerprint density at radius 1 is 0.655 bits per heavy atom. The predicted octanol–water partition coefficient (Wildman–Crippen LogP) is 6.44. The molecule has 29 heavy (non-hydrogen) atoms. The van der Waals surface area contributed by atoms with Gasteiger partial charge in [0.25, 0.3) is 0 Å². The van der Waals surface area contributed by atoms with Crippen molar-refractivity contribution >= 4 is 59.9 Å². The second kappa shape index (κ2) is 5.15. The van der Waals surface area contributed by atoms with Crippen molar-refractivity contribution in [1.29, 1.82) is 0 Å². The van der Waals surface area contributed by atoms with Crippen molar-refractivity contribution in [3.63, 3.8) is 0 Å². The van der Waals surface area contributed by atoms with Gasteiger partial charge in [-0.1, -0.05) is 42.5 Å². The minimum atomic E-state index is 1.00. The van der Waals surface area contributed by atoms with Gasteiger partial charge in [0, 0.05) is 62.8 Å². The molecule has 7 rings (SSSR count). The Hall–Kier alpha value is -3.85. The van der Waals surface area contributed by atoms with E-state index < -0.39 is 0 Å².